The van der Waals surface area contributed by atoms with Gasteiger partial charge in [-0.3, -0.25) is 9.82 Å². The Morgan fingerprint density at radius 1 is 1.29 bits per heavy atom. The molecule has 21 heavy (non-hydrogen) atoms. The first-order chi connectivity index (χ1) is 10.1. The van der Waals surface area contributed by atoms with Gasteiger partial charge in [0, 0.05) is 18.6 Å². The zero-order valence-corrected chi connectivity index (χ0v) is 12.1. The third-order valence-corrected chi connectivity index (χ3v) is 4.39. The van der Waals surface area contributed by atoms with Gasteiger partial charge >= 0.3 is 0 Å². The second-order valence-corrected chi connectivity index (χ2v) is 6.22. The highest BCUT2D eigenvalue weighted by Gasteiger charge is 2.19. The molecule has 0 aliphatic heterocycles. The van der Waals surface area contributed by atoms with Crippen molar-refractivity contribution in [2.45, 2.75) is 4.90 Å². The van der Waals surface area contributed by atoms with E-state index in [0.29, 0.717) is 16.4 Å². The van der Waals surface area contributed by atoms with Gasteiger partial charge in [0.1, 0.15) is 10.6 Å². The number of nitrogens with zero attached hydrogens (tertiary/aromatic N) is 3. The molecule has 0 saturated carbocycles. The Hall–Kier alpha value is -2.32. The second-order valence-electron chi connectivity index (χ2n) is 4.13. The Kier molecular flexibility index (Phi) is 3.40. The number of nitrogens with one attached hydrogen (secondary N) is 2. The van der Waals surface area contributed by atoms with Crippen LogP contribution in [-0.2, 0) is 10.0 Å². The molecule has 0 fully saturated rings. The molecule has 0 spiro atoms. The van der Waals surface area contributed by atoms with Crippen LogP contribution in [0.2, 0.25) is 5.02 Å². The molecule has 0 aliphatic carbocycles. The van der Waals surface area contributed by atoms with Crippen LogP contribution in [0.1, 0.15) is 0 Å². The van der Waals surface area contributed by atoms with Gasteiger partial charge in [0.15, 0.2) is 0 Å². The van der Waals surface area contributed by atoms with Crippen molar-refractivity contribution < 1.29 is 8.42 Å². The number of para-hydroxylation sites is 1. The van der Waals surface area contributed by atoms with Crippen LogP contribution in [0.5, 0.6) is 0 Å². The van der Waals surface area contributed by atoms with E-state index in [0.717, 1.165) is 0 Å². The van der Waals surface area contributed by atoms with Crippen LogP contribution in [0.25, 0.3) is 5.69 Å². The Bertz CT molecular complexity index is 844. The molecule has 0 atom stereocenters. The van der Waals surface area contributed by atoms with Crippen molar-refractivity contribution in [2.24, 2.45) is 0 Å². The molecule has 0 aliphatic rings. The summed E-state index contributed by atoms with van der Waals surface area (Å²) in [6, 6.07) is 6.65. The van der Waals surface area contributed by atoms with Crippen LogP contribution in [0, 0.1) is 0 Å². The number of aromatic nitrogens is 4. The van der Waals surface area contributed by atoms with E-state index in [1.807, 2.05) is 0 Å². The lowest BCUT2D eigenvalue weighted by Gasteiger charge is -2.13. The van der Waals surface area contributed by atoms with Crippen molar-refractivity contribution in [1.82, 2.24) is 20.0 Å². The standard InChI is InChI=1S/C12H10ClN5O2S/c13-10-3-1-4-11(12(10)18-6-2-5-16-18)17-21(19,20)9-7-14-15-8-9/h1-8,17H,(H,14,15). The molecule has 2 heterocycles. The largest absolute Gasteiger partial charge is 0.284 e. The molecule has 0 radical (unpaired) electrons. The highest BCUT2D eigenvalue weighted by Crippen LogP contribution is 2.29. The maximum absolute atomic E-state index is 12.3. The topological polar surface area (TPSA) is 92.7 Å². The minimum atomic E-state index is -3.74. The van der Waals surface area contributed by atoms with Crippen LogP contribution < -0.4 is 4.72 Å². The number of benzene rings is 1. The van der Waals surface area contributed by atoms with E-state index in [9.17, 15) is 8.42 Å². The number of rotatable bonds is 4. The number of anilines is 1. The first-order valence-electron chi connectivity index (χ1n) is 5.88. The first-order valence-corrected chi connectivity index (χ1v) is 7.74. The molecule has 2 N–H and O–H groups in total. The summed E-state index contributed by atoms with van der Waals surface area (Å²) in [4.78, 5) is 0.0360. The summed E-state index contributed by atoms with van der Waals surface area (Å²) in [5.41, 5.74) is 0.781. The zero-order chi connectivity index (χ0) is 14.9. The van der Waals surface area contributed by atoms with Gasteiger partial charge in [-0.25, -0.2) is 13.1 Å². The SMILES string of the molecule is O=S(=O)(Nc1cccc(Cl)c1-n1cccn1)c1cn[nH]c1. The number of sulfonamides is 1. The molecule has 7 nitrogen and oxygen atoms in total. The number of aromatic amines is 1. The molecule has 108 valence electrons. The lowest BCUT2D eigenvalue weighted by molar-refractivity contribution is 0.601. The molecule has 3 aromatic rings. The van der Waals surface area contributed by atoms with E-state index in [1.165, 1.54) is 17.1 Å². The van der Waals surface area contributed by atoms with Crippen molar-refractivity contribution in [2.75, 3.05) is 4.72 Å². The van der Waals surface area contributed by atoms with Crippen molar-refractivity contribution in [3.63, 3.8) is 0 Å². The summed E-state index contributed by atoms with van der Waals surface area (Å²) in [7, 11) is -3.74. The normalized spacial score (nSPS) is 11.5. The highest BCUT2D eigenvalue weighted by molar-refractivity contribution is 7.92. The van der Waals surface area contributed by atoms with Crippen LogP contribution in [0.3, 0.4) is 0 Å². The van der Waals surface area contributed by atoms with Gasteiger partial charge in [-0.1, -0.05) is 17.7 Å². The van der Waals surface area contributed by atoms with E-state index < -0.39 is 10.0 Å². The van der Waals surface area contributed by atoms with Gasteiger partial charge in [-0.05, 0) is 18.2 Å². The number of H-pyrrole nitrogens is 1. The fourth-order valence-electron chi connectivity index (χ4n) is 1.82. The van der Waals surface area contributed by atoms with E-state index in [4.69, 9.17) is 11.6 Å². The molecular weight excluding hydrogens is 314 g/mol. The molecule has 0 bridgehead atoms. The summed E-state index contributed by atoms with van der Waals surface area (Å²) in [6.07, 6.45) is 5.77. The smallest absolute Gasteiger partial charge is 0.265 e. The molecule has 3 rings (SSSR count). The van der Waals surface area contributed by atoms with E-state index in [2.05, 4.69) is 20.0 Å². The average Bonchev–Trinajstić information content (AvgIpc) is 3.12. The van der Waals surface area contributed by atoms with Gasteiger partial charge < -0.3 is 0 Å². The van der Waals surface area contributed by atoms with Gasteiger partial charge in [-0.15, -0.1) is 0 Å². The van der Waals surface area contributed by atoms with E-state index in [-0.39, 0.29) is 4.90 Å². The van der Waals surface area contributed by atoms with Crippen LogP contribution in [0.4, 0.5) is 5.69 Å². The number of hydrogen-bond acceptors (Lipinski definition) is 4. The summed E-state index contributed by atoms with van der Waals surface area (Å²) in [6.45, 7) is 0. The fourth-order valence-corrected chi connectivity index (χ4v) is 3.05. The lowest BCUT2D eigenvalue weighted by atomic mass is 10.3. The third kappa shape index (κ3) is 2.63. The molecule has 0 amide bonds. The predicted octanol–water partition coefficient (Wildman–Crippen LogP) is 2.05. The number of halogens is 1. The maximum atomic E-state index is 12.3. The van der Waals surface area contributed by atoms with E-state index >= 15 is 0 Å². The monoisotopic (exact) mass is 323 g/mol. The number of hydrogen-bond donors (Lipinski definition) is 2. The molecule has 9 heteroatoms. The quantitative estimate of drug-likeness (QED) is 0.768. The van der Waals surface area contributed by atoms with Crippen LogP contribution in [0.15, 0.2) is 53.9 Å². The molecular formula is C12H10ClN5O2S. The van der Waals surface area contributed by atoms with Gasteiger partial charge in [-0.2, -0.15) is 10.2 Å². The van der Waals surface area contributed by atoms with Crippen molar-refractivity contribution in [3.8, 4) is 5.69 Å². The third-order valence-electron chi connectivity index (χ3n) is 2.75. The van der Waals surface area contributed by atoms with Crippen molar-refractivity contribution in [1.29, 1.82) is 0 Å². The van der Waals surface area contributed by atoms with Gasteiger partial charge in [0.2, 0.25) is 0 Å². The summed E-state index contributed by atoms with van der Waals surface area (Å²) < 4.78 is 28.5. The molecule has 2 aromatic heterocycles. The second kappa shape index (κ2) is 5.23. The van der Waals surface area contributed by atoms with Crippen LogP contribution in [-0.4, -0.2) is 28.4 Å². The molecule has 1 aromatic carbocycles. The minimum Gasteiger partial charge on any atom is -0.284 e. The Balaban J connectivity index is 2.07. The average molecular weight is 324 g/mol. The van der Waals surface area contributed by atoms with Gasteiger partial charge in [0.05, 0.1) is 16.9 Å². The van der Waals surface area contributed by atoms with Gasteiger partial charge in [0.25, 0.3) is 10.0 Å². The van der Waals surface area contributed by atoms with Crippen molar-refractivity contribution >= 4 is 27.3 Å². The summed E-state index contributed by atoms with van der Waals surface area (Å²) in [5.74, 6) is 0. The highest BCUT2D eigenvalue weighted by atomic mass is 35.5. The molecule has 0 unspecified atom stereocenters. The lowest BCUT2D eigenvalue weighted by Crippen LogP contribution is -2.14. The summed E-state index contributed by atoms with van der Waals surface area (Å²) >= 11 is 6.16. The van der Waals surface area contributed by atoms with E-state index in [1.54, 1.807) is 36.7 Å². The predicted molar refractivity (Wildman–Crippen MR) is 78.0 cm³/mol. The summed E-state index contributed by atoms with van der Waals surface area (Å²) in [5, 5.41) is 10.6. The Morgan fingerprint density at radius 3 is 2.81 bits per heavy atom. The Labute approximate surface area is 125 Å². The fraction of sp³-hybridized carbons (Fsp3) is 0. The van der Waals surface area contributed by atoms with Crippen LogP contribution >= 0.6 is 11.6 Å². The first kappa shape index (κ1) is 13.7. The zero-order valence-electron chi connectivity index (χ0n) is 10.6. The minimum absolute atomic E-state index is 0.0360. The maximum Gasteiger partial charge on any atom is 0.265 e. The molecule has 0 saturated heterocycles. The Morgan fingerprint density at radius 2 is 2.14 bits per heavy atom. The van der Waals surface area contributed by atoms with Crippen molar-refractivity contribution in [3.05, 3.63) is 54.1 Å².